The number of nitrogens with zero attached hydrogens (tertiary/aromatic N) is 1. The lowest BCUT2D eigenvalue weighted by Gasteiger charge is -2.33. The van der Waals surface area contributed by atoms with E-state index < -0.39 is 0 Å². The maximum absolute atomic E-state index is 12.1. The molecule has 4 nitrogen and oxygen atoms in total. The summed E-state index contributed by atoms with van der Waals surface area (Å²) in [5.74, 6) is 1.51. The standard InChI is InChI=1S/C16H24N2O2/c1-12-3-7-14(8-4-12)18(2)16(19)11-20-15-9-5-13(17)6-10-15/h5-6,9-10,12,14H,3-4,7-8,11,17H2,1-2H3. The minimum Gasteiger partial charge on any atom is -0.484 e. The topological polar surface area (TPSA) is 55.6 Å². The van der Waals surface area contributed by atoms with Gasteiger partial charge < -0.3 is 15.4 Å². The average Bonchev–Trinajstić information content (AvgIpc) is 2.46. The van der Waals surface area contributed by atoms with Crippen LogP contribution in [0.1, 0.15) is 32.6 Å². The summed E-state index contributed by atoms with van der Waals surface area (Å²) in [6.45, 7) is 2.37. The first-order valence-electron chi connectivity index (χ1n) is 7.30. The fourth-order valence-electron chi connectivity index (χ4n) is 2.64. The van der Waals surface area contributed by atoms with Gasteiger partial charge in [-0.15, -0.1) is 0 Å². The Bertz CT molecular complexity index is 436. The van der Waals surface area contributed by atoms with Gasteiger partial charge in [0.25, 0.3) is 5.91 Å². The Labute approximate surface area is 120 Å². The summed E-state index contributed by atoms with van der Waals surface area (Å²) in [6.07, 6.45) is 4.62. The Morgan fingerprint density at radius 1 is 1.25 bits per heavy atom. The van der Waals surface area contributed by atoms with Crippen LogP contribution in [0.15, 0.2) is 24.3 Å². The van der Waals surface area contributed by atoms with Crippen molar-refractivity contribution in [1.29, 1.82) is 0 Å². The van der Waals surface area contributed by atoms with Crippen LogP contribution >= 0.6 is 0 Å². The molecule has 1 saturated carbocycles. The van der Waals surface area contributed by atoms with E-state index in [1.165, 1.54) is 12.8 Å². The van der Waals surface area contributed by atoms with E-state index in [1.54, 1.807) is 24.3 Å². The highest BCUT2D eigenvalue weighted by atomic mass is 16.5. The number of nitrogen functional groups attached to an aromatic ring is 1. The van der Waals surface area contributed by atoms with Gasteiger partial charge >= 0.3 is 0 Å². The molecule has 110 valence electrons. The summed E-state index contributed by atoms with van der Waals surface area (Å²) < 4.78 is 5.51. The molecular formula is C16H24N2O2. The third kappa shape index (κ3) is 3.89. The molecule has 0 aliphatic heterocycles. The first kappa shape index (κ1) is 14.7. The summed E-state index contributed by atoms with van der Waals surface area (Å²) >= 11 is 0. The van der Waals surface area contributed by atoms with Crippen molar-refractivity contribution in [2.24, 2.45) is 5.92 Å². The Kier molecular flexibility index (Phi) is 4.88. The van der Waals surface area contributed by atoms with Crippen LogP contribution in [0, 0.1) is 5.92 Å². The van der Waals surface area contributed by atoms with E-state index in [9.17, 15) is 4.79 Å². The quantitative estimate of drug-likeness (QED) is 0.860. The molecule has 0 heterocycles. The number of hydrogen-bond donors (Lipinski definition) is 1. The highest BCUT2D eigenvalue weighted by Gasteiger charge is 2.24. The van der Waals surface area contributed by atoms with Crippen LogP contribution in [-0.2, 0) is 4.79 Å². The molecule has 0 aromatic heterocycles. The highest BCUT2D eigenvalue weighted by molar-refractivity contribution is 5.77. The molecule has 2 N–H and O–H groups in total. The van der Waals surface area contributed by atoms with E-state index in [4.69, 9.17) is 10.5 Å². The first-order chi connectivity index (χ1) is 9.56. The van der Waals surface area contributed by atoms with E-state index >= 15 is 0 Å². The third-order valence-corrected chi connectivity index (χ3v) is 4.17. The number of benzene rings is 1. The molecule has 1 aromatic carbocycles. The minimum atomic E-state index is 0.0429. The lowest BCUT2D eigenvalue weighted by atomic mass is 9.87. The van der Waals surface area contributed by atoms with Crippen LogP contribution in [-0.4, -0.2) is 30.5 Å². The van der Waals surface area contributed by atoms with Crippen LogP contribution < -0.4 is 10.5 Å². The largest absolute Gasteiger partial charge is 0.484 e. The van der Waals surface area contributed by atoms with Crippen LogP contribution in [0.3, 0.4) is 0 Å². The summed E-state index contributed by atoms with van der Waals surface area (Å²) in [6, 6.07) is 7.47. The van der Waals surface area contributed by atoms with E-state index in [0.29, 0.717) is 17.5 Å². The van der Waals surface area contributed by atoms with Crippen molar-refractivity contribution in [3.63, 3.8) is 0 Å². The molecule has 0 saturated heterocycles. The van der Waals surface area contributed by atoms with Gasteiger partial charge in [0, 0.05) is 18.8 Å². The molecule has 4 heteroatoms. The fraction of sp³-hybridized carbons (Fsp3) is 0.562. The molecule has 0 unspecified atom stereocenters. The molecule has 1 fully saturated rings. The summed E-state index contributed by atoms with van der Waals surface area (Å²) in [7, 11) is 1.88. The van der Waals surface area contributed by atoms with Crippen molar-refractivity contribution in [2.45, 2.75) is 38.6 Å². The number of ether oxygens (including phenoxy) is 1. The lowest BCUT2D eigenvalue weighted by molar-refractivity contribution is -0.134. The predicted molar refractivity (Wildman–Crippen MR) is 80.5 cm³/mol. The summed E-state index contributed by atoms with van der Waals surface area (Å²) in [5, 5.41) is 0. The maximum Gasteiger partial charge on any atom is 0.260 e. The molecular weight excluding hydrogens is 252 g/mol. The number of nitrogens with two attached hydrogens (primary N) is 1. The van der Waals surface area contributed by atoms with E-state index in [1.807, 2.05) is 11.9 Å². The number of amides is 1. The van der Waals surface area contributed by atoms with Gasteiger partial charge in [0.1, 0.15) is 5.75 Å². The Balaban J connectivity index is 1.80. The van der Waals surface area contributed by atoms with Crippen molar-refractivity contribution >= 4 is 11.6 Å². The second-order valence-electron chi connectivity index (χ2n) is 5.78. The second-order valence-corrected chi connectivity index (χ2v) is 5.78. The van der Waals surface area contributed by atoms with Gasteiger partial charge in [-0.25, -0.2) is 0 Å². The molecule has 20 heavy (non-hydrogen) atoms. The van der Waals surface area contributed by atoms with Crippen molar-refractivity contribution in [3.05, 3.63) is 24.3 Å². The van der Waals surface area contributed by atoms with Gasteiger partial charge in [-0.05, 0) is 55.9 Å². The van der Waals surface area contributed by atoms with Gasteiger partial charge in [0.2, 0.25) is 0 Å². The molecule has 0 spiro atoms. The molecule has 1 aliphatic carbocycles. The second kappa shape index (κ2) is 6.64. The lowest BCUT2D eigenvalue weighted by Crippen LogP contribution is -2.41. The molecule has 1 aromatic rings. The number of likely N-dealkylation sites (N-methyl/N-ethyl adjacent to an activating group) is 1. The number of carbonyl (C=O) groups excluding carboxylic acids is 1. The fourth-order valence-corrected chi connectivity index (χ4v) is 2.64. The van der Waals surface area contributed by atoms with Crippen LogP contribution in [0.4, 0.5) is 5.69 Å². The summed E-state index contributed by atoms with van der Waals surface area (Å²) in [4.78, 5) is 14.0. The monoisotopic (exact) mass is 276 g/mol. The Morgan fingerprint density at radius 3 is 2.45 bits per heavy atom. The number of anilines is 1. The Morgan fingerprint density at radius 2 is 1.85 bits per heavy atom. The predicted octanol–water partition coefficient (Wildman–Crippen LogP) is 2.68. The van der Waals surface area contributed by atoms with Crippen molar-refractivity contribution in [3.8, 4) is 5.75 Å². The molecule has 1 amide bonds. The SMILES string of the molecule is CC1CCC(N(C)C(=O)COc2ccc(N)cc2)CC1. The Hall–Kier alpha value is -1.71. The smallest absolute Gasteiger partial charge is 0.260 e. The van der Waals surface area contributed by atoms with Gasteiger partial charge in [-0.3, -0.25) is 4.79 Å². The van der Waals surface area contributed by atoms with Crippen molar-refractivity contribution in [1.82, 2.24) is 4.90 Å². The van der Waals surface area contributed by atoms with Gasteiger partial charge in [0.15, 0.2) is 6.61 Å². The molecule has 0 atom stereocenters. The number of carbonyl (C=O) groups is 1. The maximum atomic E-state index is 12.1. The number of rotatable bonds is 4. The molecule has 0 bridgehead atoms. The van der Waals surface area contributed by atoms with Gasteiger partial charge in [-0.2, -0.15) is 0 Å². The van der Waals surface area contributed by atoms with Crippen LogP contribution in [0.5, 0.6) is 5.75 Å². The zero-order valence-electron chi connectivity index (χ0n) is 12.3. The first-order valence-corrected chi connectivity index (χ1v) is 7.30. The van der Waals surface area contributed by atoms with E-state index in [2.05, 4.69) is 6.92 Å². The van der Waals surface area contributed by atoms with E-state index in [0.717, 1.165) is 18.8 Å². The van der Waals surface area contributed by atoms with Crippen molar-refractivity contribution < 1.29 is 9.53 Å². The molecule has 0 radical (unpaired) electrons. The van der Waals surface area contributed by atoms with Gasteiger partial charge in [0.05, 0.1) is 0 Å². The van der Waals surface area contributed by atoms with Crippen LogP contribution in [0.2, 0.25) is 0 Å². The van der Waals surface area contributed by atoms with Gasteiger partial charge in [-0.1, -0.05) is 6.92 Å². The molecule has 1 aliphatic rings. The number of hydrogen-bond acceptors (Lipinski definition) is 3. The average molecular weight is 276 g/mol. The molecule has 2 rings (SSSR count). The minimum absolute atomic E-state index is 0.0429. The summed E-state index contributed by atoms with van der Waals surface area (Å²) in [5.41, 5.74) is 6.30. The zero-order chi connectivity index (χ0) is 14.5. The van der Waals surface area contributed by atoms with E-state index in [-0.39, 0.29) is 12.5 Å². The normalized spacial score (nSPS) is 22.3. The zero-order valence-corrected chi connectivity index (χ0v) is 12.3. The highest BCUT2D eigenvalue weighted by Crippen LogP contribution is 2.26. The third-order valence-electron chi connectivity index (χ3n) is 4.17. The van der Waals surface area contributed by atoms with Crippen molar-refractivity contribution in [2.75, 3.05) is 19.4 Å². The van der Waals surface area contributed by atoms with Crippen LogP contribution in [0.25, 0.3) is 0 Å².